The molecule has 1 aliphatic heterocycles. The lowest BCUT2D eigenvalue weighted by atomic mass is 10.1. The summed E-state index contributed by atoms with van der Waals surface area (Å²) in [4.78, 5) is 36.8. The van der Waals surface area contributed by atoms with E-state index in [2.05, 4.69) is 10.6 Å². The molecule has 0 fully saturated rings. The number of fused-ring (bicyclic) bond motifs is 1. The van der Waals surface area contributed by atoms with E-state index in [-0.39, 0.29) is 11.5 Å². The number of carbonyl (C=O) groups excluding carboxylic acids is 3. The van der Waals surface area contributed by atoms with Crippen molar-refractivity contribution < 1.29 is 28.6 Å². The Hall–Kier alpha value is -3.07. The number of ether oxygens (including phenoxy) is 3. The lowest BCUT2D eigenvalue weighted by molar-refractivity contribution is -0.124. The van der Waals surface area contributed by atoms with Crippen LogP contribution in [0.4, 0.5) is 5.00 Å². The van der Waals surface area contributed by atoms with Gasteiger partial charge in [0.2, 0.25) is 5.91 Å². The first-order chi connectivity index (χ1) is 14.3. The SMILES string of the molecule is CC(=O)Nc1sc(C)c(C)c1C(=O)OCC(=O)NCCc1ccc2c(c1)OCCO2. The Morgan fingerprint density at radius 2 is 1.87 bits per heavy atom. The zero-order valence-corrected chi connectivity index (χ0v) is 17.9. The summed E-state index contributed by atoms with van der Waals surface area (Å²) >= 11 is 1.30. The molecule has 160 valence electrons. The standard InChI is InChI=1S/C21H24N2O6S/c1-12-13(2)30-20(23-14(3)24)19(12)21(26)29-11-18(25)22-7-6-15-4-5-16-17(10-15)28-9-8-27-16/h4-5,10H,6-9,11H2,1-3H3,(H,22,25)(H,23,24). The van der Waals surface area contributed by atoms with Gasteiger partial charge in [-0.25, -0.2) is 4.79 Å². The Labute approximate surface area is 178 Å². The van der Waals surface area contributed by atoms with Crippen LogP contribution in [0.1, 0.15) is 33.3 Å². The van der Waals surface area contributed by atoms with Crippen molar-refractivity contribution >= 4 is 34.1 Å². The Morgan fingerprint density at radius 1 is 1.13 bits per heavy atom. The van der Waals surface area contributed by atoms with Crippen molar-refractivity contribution in [3.05, 3.63) is 39.8 Å². The van der Waals surface area contributed by atoms with Gasteiger partial charge in [0.05, 0.1) is 5.56 Å². The average Bonchev–Trinajstić information content (AvgIpc) is 2.98. The van der Waals surface area contributed by atoms with Crippen LogP contribution in [-0.2, 0) is 20.7 Å². The fourth-order valence-electron chi connectivity index (χ4n) is 2.96. The van der Waals surface area contributed by atoms with Gasteiger partial charge in [-0.15, -0.1) is 11.3 Å². The lowest BCUT2D eigenvalue weighted by Crippen LogP contribution is -2.30. The average molecular weight is 432 g/mol. The molecule has 0 radical (unpaired) electrons. The maximum Gasteiger partial charge on any atom is 0.341 e. The number of rotatable bonds is 7. The topological polar surface area (TPSA) is 103 Å². The third-order valence-corrected chi connectivity index (χ3v) is 5.68. The van der Waals surface area contributed by atoms with E-state index in [1.54, 1.807) is 6.92 Å². The molecule has 8 nitrogen and oxygen atoms in total. The van der Waals surface area contributed by atoms with E-state index in [0.29, 0.717) is 36.9 Å². The second-order valence-corrected chi connectivity index (χ2v) is 8.05. The fourth-order valence-corrected chi connectivity index (χ4v) is 4.06. The highest BCUT2D eigenvalue weighted by Gasteiger charge is 2.22. The fraction of sp³-hybridized carbons (Fsp3) is 0.381. The largest absolute Gasteiger partial charge is 0.486 e. The Morgan fingerprint density at radius 3 is 2.60 bits per heavy atom. The van der Waals surface area contributed by atoms with Gasteiger partial charge in [-0.3, -0.25) is 9.59 Å². The van der Waals surface area contributed by atoms with E-state index in [9.17, 15) is 14.4 Å². The van der Waals surface area contributed by atoms with Crippen molar-refractivity contribution in [2.75, 3.05) is 31.7 Å². The van der Waals surface area contributed by atoms with Crippen molar-refractivity contribution in [3.63, 3.8) is 0 Å². The second-order valence-electron chi connectivity index (χ2n) is 6.82. The molecule has 0 atom stereocenters. The highest BCUT2D eigenvalue weighted by molar-refractivity contribution is 7.16. The van der Waals surface area contributed by atoms with E-state index in [4.69, 9.17) is 14.2 Å². The number of thiophene rings is 1. The van der Waals surface area contributed by atoms with E-state index in [0.717, 1.165) is 21.8 Å². The predicted octanol–water partition coefficient (Wildman–Crippen LogP) is 2.61. The molecule has 2 aromatic rings. The van der Waals surface area contributed by atoms with Crippen molar-refractivity contribution in [1.29, 1.82) is 0 Å². The molecule has 0 aliphatic carbocycles. The minimum absolute atomic E-state index is 0.276. The first-order valence-electron chi connectivity index (χ1n) is 9.55. The molecule has 1 aromatic carbocycles. The summed E-state index contributed by atoms with van der Waals surface area (Å²) in [6, 6.07) is 5.67. The van der Waals surface area contributed by atoms with Crippen LogP contribution < -0.4 is 20.1 Å². The highest BCUT2D eigenvalue weighted by atomic mass is 32.1. The molecule has 2 amide bonds. The zero-order chi connectivity index (χ0) is 21.7. The molecule has 30 heavy (non-hydrogen) atoms. The van der Waals surface area contributed by atoms with Crippen LogP contribution in [0.25, 0.3) is 0 Å². The number of nitrogens with one attached hydrogen (secondary N) is 2. The third kappa shape index (κ3) is 5.29. The molecule has 9 heteroatoms. The lowest BCUT2D eigenvalue weighted by Gasteiger charge is -2.18. The van der Waals surface area contributed by atoms with Crippen molar-refractivity contribution in [3.8, 4) is 11.5 Å². The van der Waals surface area contributed by atoms with Crippen LogP contribution >= 0.6 is 11.3 Å². The molecule has 0 saturated heterocycles. The number of carbonyl (C=O) groups is 3. The maximum atomic E-state index is 12.4. The van der Waals surface area contributed by atoms with Crippen LogP contribution in [0, 0.1) is 13.8 Å². The molecule has 2 N–H and O–H groups in total. The van der Waals surface area contributed by atoms with E-state index < -0.39 is 18.5 Å². The zero-order valence-electron chi connectivity index (χ0n) is 17.1. The first-order valence-corrected chi connectivity index (χ1v) is 10.4. The number of amides is 2. The van der Waals surface area contributed by atoms with Crippen LogP contribution in [-0.4, -0.2) is 44.1 Å². The molecule has 0 saturated carbocycles. The molecule has 2 heterocycles. The van der Waals surface area contributed by atoms with E-state index in [1.165, 1.54) is 18.3 Å². The van der Waals surface area contributed by atoms with Crippen molar-refractivity contribution in [1.82, 2.24) is 5.32 Å². The predicted molar refractivity (Wildman–Crippen MR) is 113 cm³/mol. The summed E-state index contributed by atoms with van der Waals surface area (Å²) in [5.41, 5.74) is 2.02. The second kappa shape index (κ2) is 9.62. The van der Waals surface area contributed by atoms with Crippen molar-refractivity contribution in [2.45, 2.75) is 27.2 Å². The van der Waals surface area contributed by atoms with Crippen molar-refractivity contribution in [2.24, 2.45) is 0 Å². The number of benzene rings is 1. The summed E-state index contributed by atoms with van der Waals surface area (Å²) in [6.45, 7) is 6.06. The van der Waals surface area contributed by atoms with Gasteiger partial charge in [0.1, 0.15) is 18.2 Å². The first kappa shape index (κ1) is 21.6. The van der Waals surface area contributed by atoms with Crippen LogP contribution in [0.3, 0.4) is 0 Å². The number of hydrogen-bond acceptors (Lipinski definition) is 7. The highest BCUT2D eigenvalue weighted by Crippen LogP contribution is 2.33. The number of esters is 1. The minimum atomic E-state index is -0.636. The van der Waals surface area contributed by atoms with Gasteiger partial charge in [0.15, 0.2) is 18.1 Å². The molecule has 0 unspecified atom stereocenters. The molecule has 3 rings (SSSR count). The summed E-state index contributed by atoms with van der Waals surface area (Å²) < 4.78 is 16.2. The van der Waals surface area contributed by atoms with E-state index >= 15 is 0 Å². The van der Waals surface area contributed by atoms with Gasteiger partial charge in [0.25, 0.3) is 5.91 Å². The van der Waals surface area contributed by atoms with E-state index in [1.807, 2.05) is 25.1 Å². The summed E-state index contributed by atoms with van der Waals surface area (Å²) in [7, 11) is 0. The quantitative estimate of drug-likeness (QED) is 0.652. The number of hydrogen-bond donors (Lipinski definition) is 2. The van der Waals surface area contributed by atoms with Gasteiger partial charge in [-0.1, -0.05) is 6.07 Å². The maximum absolute atomic E-state index is 12.4. The van der Waals surface area contributed by atoms with Gasteiger partial charge in [-0.2, -0.15) is 0 Å². The molecular formula is C21H24N2O6S. The Kier molecular flexibility index (Phi) is 6.94. The molecule has 1 aromatic heterocycles. The molecular weight excluding hydrogens is 408 g/mol. The van der Waals surface area contributed by atoms with Gasteiger partial charge < -0.3 is 24.8 Å². The molecule has 0 spiro atoms. The molecule has 0 bridgehead atoms. The summed E-state index contributed by atoms with van der Waals surface area (Å²) in [6.07, 6.45) is 0.603. The smallest absolute Gasteiger partial charge is 0.341 e. The van der Waals surface area contributed by atoms with Gasteiger partial charge >= 0.3 is 5.97 Å². The third-order valence-electron chi connectivity index (χ3n) is 4.56. The monoisotopic (exact) mass is 432 g/mol. The number of aryl methyl sites for hydroxylation is 1. The minimum Gasteiger partial charge on any atom is -0.486 e. The van der Waals surface area contributed by atoms with Crippen LogP contribution in [0.15, 0.2) is 18.2 Å². The normalized spacial score (nSPS) is 12.2. The van der Waals surface area contributed by atoms with Crippen LogP contribution in [0.2, 0.25) is 0 Å². The molecule has 1 aliphatic rings. The summed E-state index contributed by atoms with van der Waals surface area (Å²) in [5.74, 6) is 0.116. The van der Waals surface area contributed by atoms with Gasteiger partial charge in [0, 0.05) is 18.3 Å². The number of anilines is 1. The Bertz CT molecular complexity index is 969. The van der Waals surface area contributed by atoms with Crippen LogP contribution in [0.5, 0.6) is 11.5 Å². The Balaban J connectivity index is 1.48. The summed E-state index contributed by atoms with van der Waals surface area (Å²) in [5, 5.41) is 5.80. The van der Waals surface area contributed by atoms with Gasteiger partial charge in [-0.05, 0) is 43.5 Å².